The monoisotopic (exact) mass is 346 g/mol. The molecular weight excluding hydrogens is 316 g/mol. The number of hydrogen-bond acceptors (Lipinski definition) is 3. The molecule has 0 spiro atoms. The summed E-state index contributed by atoms with van der Waals surface area (Å²) < 4.78 is 4.83. The summed E-state index contributed by atoms with van der Waals surface area (Å²) in [5.74, 6) is 0.283. The molecule has 1 heterocycles. The van der Waals surface area contributed by atoms with E-state index in [9.17, 15) is 9.59 Å². The van der Waals surface area contributed by atoms with Crippen LogP contribution in [0.4, 0.5) is 4.79 Å². The van der Waals surface area contributed by atoms with Gasteiger partial charge in [0.25, 0.3) is 0 Å². The van der Waals surface area contributed by atoms with E-state index in [1.807, 2.05) is 24.8 Å². The van der Waals surface area contributed by atoms with Crippen LogP contribution in [0.15, 0.2) is 30.3 Å². The van der Waals surface area contributed by atoms with Crippen LogP contribution < -0.4 is 5.32 Å². The molecule has 1 aromatic carbocycles. The minimum Gasteiger partial charge on any atom is -0.467 e. The van der Waals surface area contributed by atoms with Crippen LogP contribution in [0.2, 0.25) is 0 Å². The Balaban J connectivity index is 1.84. The summed E-state index contributed by atoms with van der Waals surface area (Å²) in [4.78, 5) is 26.3. The predicted molar refractivity (Wildman–Crippen MR) is 98.2 cm³/mol. The van der Waals surface area contributed by atoms with E-state index in [0.717, 1.165) is 38.8 Å². The number of ether oxygens (including phenoxy) is 1. The largest absolute Gasteiger partial charge is 0.467 e. The van der Waals surface area contributed by atoms with Crippen molar-refractivity contribution in [2.75, 3.05) is 20.2 Å². The highest BCUT2D eigenvalue weighted by atomic mass is 16.5. The SMILES string of the molecule is CCC(C)C(NC(=O)N1CCC(Cc2ccccc2)CC1)C(=O)OC. The number of rotatable bonds is 6. The Morgan fingerprint density at radius 3 is 2.44 bits per heavy atom. The van der Waals surface area contributed by atoms with Crippen LogP contribution in [0.25, 0.3) is 0 Å². The van der Waals surface area contributed by atoms with Crippen LogP contribution in [0.3, 0.4) is 0 Å². The number of piperidine rings is 1. The topological polar surface area (TPSA) is 58.6 Å². The first-order valence-electron chi connectivity index (χ1n) is 9.22. The molecule has 25 heavy (non-hydrogen) atoms. The first-order valence-corrected chi connectivity index (χ1v) is 9.22. The van der Waals surface area contributed by atoms with Gasteiger partial charge in [0, 0.05) is 13.1 Å². The third kappa shape index (κ3) is 5.48. The van der Waals surface area contributed by atoms with Crippen molar-refractivity contribution >= 4 is 12.0 Å². The number of esters is 1. The number of hydrogen-bond donors (Lipinski definition) is 1. The Hall–Kier alpha value is -2.04. The van der Waals surface area contributed by atoms with Gasteiger partial charge in [-0.1, -0.05) is 50.6 Å². The maximum atomic E-state index is 12.5. The second kappa shape index (κ2) is 9.44. The van der Waals surface area contributed by atoms with Gasteiger partial charge in [-0.05, 0) is 36.7 Å². The quantitative estimate of drug-likeness (QED) is 0.805. The summed E-state index contributed by atoms with van der Waals surface area (Å²) in [7, 11) is 1.36. The fourth-order valence-electron chi connectivity index (χ4n) is 3.31. The molecule has 1 fully saturated rings. The third-order valence-electron chi connectivity index (χ3n) is 5.22. The lowest BCUT2D eigenvalue weighted by Crippen LogP contribution is -2.52. The smallest absolute Gasteiger partial charge is 0.328 e. The maximum Gasteiger partial charge on any atom is 0.328 e. The number of benzene rings is 1. The third-order valence-corrected chi connectivity index (χ3v) is 5.22. The lowest BCUT2D eigenvalue weighted by molar-refractivity contribution is -0.144. The first kappa shape index (κ1) is 19.3. The molecule has 0 aromatic heterocycles. The first-order chi connectivity index (χ1) is 12.0. The van der Waals surface area contributed by atoms with Crippen molar-refractivity contribution in [2.45, 2.75) is 45.6 Å². The summed E-state index contributed by atoms with van der Waals surface area (Å²) in [5, 5.41) is 2.87. The Morgan fingerprint density at radius 2 is 1.88 bits per heavy atom. The molecule has 2 atom stereocenters. The number of methoxy groups -OCH3 is 1. The van der Waals surface area contributed by atoms with Crippen molar-refractivity contribution in [3.63, 3.8) is 0 Å². The number of nitrogens with one attached hydrogen (secondary N) is 1. The highest BCUT2D eigenvalue weighted by Gasteiger charge is 2.30. The van der Waals surface area contributed by atoms with Crippen LogP contribution >= 0.6 is 0 Å². The van der Waals surface area contributed by atoms with E-state index in [2.05, 4.69) is 29.6 Å². The van der Waals surface area contributed by atoms with Crippen molar-refractivity contribution < 1.29 is 14.3 Å². The van der Waals surface area contributed by atoms with Crippen LogP contribution in [-0.2, 0) is 16.0 Å². The van der Waals surface area contributed by atoms with E-state index in [0.29, 0.717) is 5.92 Å². The van der Waals surface area contributed by atoms with Gasteiger partial charge in [-0.15, -0.1) is 0 Å². The molecule has 5 heteroatoms. The standard InChI is InChI=1S/C20H30N2O3/c1-4-15(2)18(19(23)25-3)21-20(24)22-12-10-17(11-13-22)14-16-8-6-5-7-9-16/h5-9,15,17-18H,4,10-14H2,1-3H3,(H,21,24). The molecular formula is C20H30N2O3. The van der Waals surface area contributed by atoms with E-state index in [1.54, 1.807) is 0 Å². The van der Waals surface area contributed by atoms with Crippen molar-refractivity contribution in [3.8, 4) is 0 Å². The summed E-state index contributed by atoms with van der Waals surface area (Å²) in [6.45, 7) is 5.42. The van der Waals surface area contributed by atoms with Gasteiger partial charge in [0.2, 0.25) is 0 Å². The molecule has 1 saturated heterocycles. The average molecular weight is 346 g/mol. The minimum absolute atomic E-state index is 0.0482. The maximum absolute atomic E-state index is 12.5. The molecule has 2 unspecified atom stereocenters. The van der Waals surface area contributed by atoms with E-state index >= 15 is 0 Å². The van der Waals surface area contributed by atoms with E-state index in [-0.39, 0.29) is 17.9 Å². The average Bonchev–Trinajstić information content (AvgIpc) is 2.66. The van der Waals surface area contributed by atoms with Crippen LogP contribution in [0, 0.1) is 11.8 Å². The van der Waals surface area contributed by atoms with E-state index in [1.165, 1.54) is 12.7 Å². The molecule has 1 aliphatic rings. The number of likely N-dealkylation sites (tertiary alicyclic amines) is 1. The van der Waals surface area contributed by atoms with E-state index < -0.39 is 6.04 Å². The van der Waals surface area contributed by atoms with Gasteiger partial charge in [0.05, 0.1) is 7.11 Å². The highest BCUT2D eigenvalue weighted by molar-refractivity contribution is 5.83. The molecule has 1 aliphatic heterocycles. The lowest BCUT2D eigenvalue weighted by atomic mass is 9.90. The number of nitrogens with zero attached hydrogens (tertiary/aromatic N) is 1. The van der Waals surface area contributed by atoms with Gasteiger partial charge < -0.3 is 15.0 Å². The lowest BCUT2D eigenvalue weighted by Gasteiger charge is -2.33. The molecule has 1 aromatic rings. The summed E-state index contributed by atoms with van der Waals surface area (Å²) in [5.41, 5.74) is 1.35. The molecule has 0 bridgehead atoms. The summed E-state index contributed by atoms with van der Waals surface area (Å²) >= 11 is 0. The zero-order chi connectivity index (χ0) is 18.2. The van der Waals surface area contributed by atoms with Gasteiger partial charge in [-0.2, -0.15) is 0 Å². The van der Waals surface area contributed by atoms with Crippen molar-refractivity contribution in [2.24, 2.45) is 11.8 Å². The van der Waals surface area contributed by atoms with Gasteiger partial charge in [0.15, 0.2) is 0 Å². The molecule has 2 amide bonds. The number of carbonyl (C=O) groups is 2. The minimum atomic E-state index is -0.579. The normalized spacial score (nSPS) is 17.6. The van der Waals surface area contributed by atoms with Gasteiger partial charge in [-0.3, -0.25) is 0 Å². The summed E-state index contributed by atoms with van der Waals surface area (Å²) in [6.07, 6.45) is 3.86. The number of amides is 2. The predicted octanol–water partition coefficient (Wildman–Crippen LogP) is 3.24. The highest BCUT2D eigenvalue weighted by Crippen LogP contribution is 2.22. The fraction of sp³-hybridized carbons (Fsp3) is 0.600. The Bertz CT molecular complexity index is 553. The molecule has 2 rings (SSSR count). The molecule has 0 saturated carbocycles. The molecule has 1 N–H and O–H groups in total. The molecule has 0 aliphatic carbocycles. The van der Waals surface area contributed by atoms with Crippen molar-refractivity contribution in [1.29, 1.82) is 0 Å². The van der Waals surface area contributed by atoms with Crippen LogP contribution in [0.1, 0.15) is 38.7 Å². The van der Waals surface area contributed by atoms with Crippen molar-refractivity contribution in [1.82, 2.24) is 10.2 Å². The number of urea groups is 1. The van der Waals surface area contributed by atoms with Gasteiger partial charge in [-0.25, -0.2) is 9.59 Å². The Kier molecular flexibility index (Phi) is 7.29. The Labute approximate surface area is 150 Å². The fourth-order valence-corrected chi connectivity index (χ4v) is 3.31. The van der Waals surface area contributed by atoms with Gasteiger partial charge in [0.1, 0.15) is 6.04 Å². The zero-order valence-corrected chi connectivity index (χ0v) is 15.5. The van der Waals surface area contributed by atoms with Crippen LogP contribution in [-0.4, -0.2) is 43.1 Å². The number of carbonyl (C=O) groups excluding carboxylic acids is 2. The molecule has 0 radical (unpaired) electrons. The molecule has 138 valence electrons. The van der Waals surface area contributed by atoms with E-state index in [4.69, 9.17) is 4.74 Å². The van der Waals surface area contributed by atoms with Gasteiger partial charge >= 0.3 is 12.0 Å². The second-order valence-electron chi connectivity index (χ2n) is 6.96. The van der Waals surface area contributed by atoms with Crippen LogP contribution in [0.5, 0.6) is 0 Å². The molecule has 5 nitrogen and oxygen atoms in total. The summed E-state index contributed by atoms with van der Waals surface area (Å²) in [6, 6.07) is 9.75. The Morgan fingerprint density at radius 1 is 1.24 bits per heavy atom. The second-order valence-corrected chi connectivity index (χ2v) is 6.96. The van der Waals surface area contributed by atoms with Crippen molar-refractivity contribution in [3.05, 3.63) is 35.9 Å². The zero-order valence-electron chi connectivity index (χ0n) is 15.5.